The molecule has 0 fully saturated rings. The van der Waals surface area contributed by atoms with Gasteiger partial charge in [0.05, 0.1) is 29.6 Å². The molecule has 0 radical (unpaired) electrons. The molecule has 3 aromatic rings. The van der Waals surface area contributed by atoms with E-state index in [1.54, 1.807) is 0 Å². The van der Waals surface area contributed by atoms with Crippen molar-refractivity contribution in [2.45, 2.75) is 51.1 Å². The van der Waals surface area contributed by atoms with Gasteiger partial charge in [0.15, 0.2) is 0 Å². The van der Waals surface area contributed by atoms with Gasteiger partial charge in [-0.2, -0.15) is 5.26 Å². The number of hydrogen-bond acceptors (Lipinski definition) is 3. The van der Waals surface area contributed by atoms with Crippen LogP contribution in [0.5, 0.6) is 0 Å². The number of nitrogens with zero attached hydrogens (tertiary/aromatic N) is 3. The second-order valence-corrected chi connectivity index (χ2v) is 7.88. The topological polar surface area (TPSA) is 53.6 Å². The summed E-state index contributed by atoms with van der Waals surface area (Å²) < 4.78 is 2.38. The number of rotatable bonds is 7. The first-order chi connectivity index (χ1) is 14.3. The number of imidazole rings is 1. The number of benzene rings is 2. The Morgan fingerprint density at radius 2 is 1.86 bits per heavy atom. The van der Waals surface area contributed by atoms with Crippen LogP contribution < -0.4 is 5.32 Å². The Kier molecular flexibility index (Phi) is 6.07. The summed E-state index contributed by atoms with van der Waals surface area (Å²) in [6.07, 6.45) is 7.75. The van der Waals surface area contributed by atoms with Crippen LogP contribution in [0.3, 0.4) is 0 Å². The maximum atomic E-state index is 9.05. The SMILES string of the molecule is Cc1ncc2n1[C@@H](c1ccc(C#N)cc1)CC[C@H]2NCCCCc1ccccc1. The van der Waals surface area contributed by atoms with Crippen molar-refractivity contribution in [2.75, 3.05) is 6.54 Å². The van der Waals surface area contributed by atoms with Crippen molar-refractivity contribution in [1.29, 1.82) is 5.26 Å². The Bertz CT molecular complexity index is 966. The van der Waals surface area contributed by atoms with Crippen LogP contribution in [0.15, 0.2) is 60.8 Å². The highest BCUT2D eigenvalue weighted by Crippen LogP contribution is 2.37. The van der Waals surface area contributed by atoms with E-state index in [-0.39, 0.29) is 0 Å². The molecule has 1 aliphatic heterocycles. The van der Waals surface area contributed by atoms with E-state index in [4.69, 9.17) is 5.26 Å². The van der Waals surface area contributed by atoms with Crippen molar-refractivity contribution < 1.29 is 0 Å². The lowest BCUT2D eigenvalue weighted by molar-refractivity contribution is 0.354. The minimum absolute atomic E-state index is 0.302. The van der Waals surface area contributed by atoms with E-state index >= 15 is 0 Å². The van der Waals surface area contributed by atoms with Gasteiger partial charge in [0.25, 0.3) is 0 Å². The van der Waals surface area contributed by atoms with E-state index in [0.717, 1.165) is 31.6 Å². The van der Waals surface area contributed by atoms with Crippen molar-refractivity contribution in [3.63, 3.8) is 0 Å². The fourth-order valence-electron chi connectivity index (χ4n) is 4.41. The maximum absolute atomic E-state index is 9.05. The molecule has 148 valence electrons. The molecule has 0 unspecified atom stereocenters. The van der Waals surface area contributed by atoms with E-state index in [1.165, 1.54) is 29.7 Å². The van der Waals surface area contributed by atoms with Gasteiger partial charge in [0.1, 0.15) is 5.82 Å². The number of unbranched alkanes of at least 4 members (excludes halogenated alkanes) is 1. The zero-order valence-electron chi connectivity index (χ0n) is 17.0. The summed E-state index contributed by atoms with van der Waals surface area (Å²) in [4.78, 5) is 4.61. The fraction of sp³-hybridized carbons (Fsp3) is 0.360. The highest BCUT2D eigenvalue weighted by molar-refractivity contribution is 5.34. The largest absolute Gasteiger partial charge is 0.323 e. The molecule has 1 N–H and O–H groups in total. The third kappa shape index (κ3) is 4.41. The van der Waals surface area contributed by atoms with Crippen LogP contribution in [-0.2, 0) is 6.42 Å². The van der Waals surface area contributed by atoms with Gasteiger partial charge >= 0.3 is 0 Å². The zero-order valence-corrected chi connectivity index (χ0v) is 17.0. The number of aryl methyl sites for hydroxylation is 2. The van der Waals surface area contributed by atoms with Gasteiger partial charge in [-0.1, -0.05) is 42.5 Å². The quantitative estimate of drug-likeness (QED) is 0.577. The van der Waals surface area contributed by atoms with Crippen molar-refractivity contribution >= 4 is 0 Å². The molecule has 0 saturated carbocycles. The van der Waals surface area contributed by atoms with E-state index in [2.05, 4.69) is 70.3 Å². The van der Waals surface area contributed by atoms with Crippen molar-refractivity contribution in [3.05, 3.63) is 89.0 Å². The molecule has 29 heavy (non-hydrogen) atoms. The number of nitrogens with one attached hydrogen (secondary N) is 1. The molecule has 2 heterocycles. The molecule has 4 nitrogen and oxygen atoms in total. The second kappa shape index (κ2) is 9.07. The summed E-state index contributed by atoms with van der Waals surface area (Å²) in [5.74, 6) is 1.06. The lowest BCUT2D eigenvalue weighted by Gasteiger charge is -2.33. The first-order valence-electron chi connectivity index (χ1n) is 10.6. The van der Waals surface area contributed by atoms with Crippen molar-refractivity contribution in [1.82, 2.24) is 14.9 Å². The number of nitriles is 1. The second-order valence-electron chi connectivity index (χ2n) is 7.88. The monoisotopic (exact) mass is 384 g/mol. The minimum Gasteiger partial charge on any atom is -0.323 e. The van der Waals surface area contributed by atoms with Gasteiger partial charge in [0.2, 0.25) is 0 Å². The summed E-state index contributed by atoms with van der Waals surface area (Å²) in [6.45, 7) is 3.12. The summed E-state index contributed by atoms with van der Waals surface area (Å²) in [5, 5.41) is 12.8. The zero-order chi connectivity index (χ0) is 20.1. The van der Waals surface area contributed by atoms with Crippen molar-refractivity contribution in [2.24, 2.45) is 0 Å². The molecule has 4 heteroatoms. The molecular weight excluding hydrogens is 356 g/mol. The molecule has 0 aliphatic carbocycles. The molecule has 2 atom stereocenters. The predicted molar refractivity (Wildman–Crippen MR) is 116 cm³/mol. The number of hydrogen-bond donors (Lipinski definition) is 1. The standard InChI is InChI=1S/C25H28N4/c1-19-28-18-25-23(27-16-6-5-9-20-7-3-2-4-8-20)14-15-24(29(19)25)22-12-10-21(17-26)11-13-22/h2-4,7-8,10-13,18,23-24,27H,5-6,9,14-16H2,1H3/t23-,24-/m1/s1. The Labute approximate surface area is 173 Å². The highest BCUT2D eigenvalue weighted by Gasteiger charge is 2.29. The third-order valence-electron chi connectivity index (χ3n) is 5.96. The predicted octanol–water partition coefficient (Wildman–Crippen LogP) is 5.10. The average molecular weight is 385 g/mol. The van der Waals surface area contributed by atoms with Gasteiger partial charge in [-0.15, -0.1) is 0 Å². The van der Waals surface area contributed by atoms with Crippen LogP contribution in [0.4, 0.5) is 0 Å². The minimum atomic E-state index is 0.302. The lowest BCUT2D eigenvalue weighted by atomic mass is 9.92. The number of aromatic nitrogens is 2. The highest BCUT2D eigenvalue weighted by atomic mass is 15.1. The number of fused-ring (bicyclic) bond motifs is 1. The van der Waals surface area contributed by atoms with Crippen LogP contribution in [0.1, 0.15) is 66.0 Å². The average Bonchev–Trinajstić information content (AvgIpc) is 3.16. The normalized spacial score (nSPS) is 18.2. The Balaban J connectivity index is 1.37. The summed E-state index contributed by atoms with van der Waals surface area (Å²) in [5.41, 5.74) is 4.67. The molecule has 0 bridgehead atoms. The Morgan fingerprint density at radius 1 is 1.07 bits per heavy atom. The first-order valence-corrected chi connectivity index (χ1v) is 10.6. The van der Waals surface area contributed by atoms with E-state index < -0.39 is 0 Å². The maximum Gasteiger partial charge on any atom is 0.106 e. The van der Waals surface area contributed by atoms with Crippen LogP contribution in [0, 0.1) is 18.3 Å². The lowest BCUT2D eigenvalue weighted by Crippen LogP contribution is -2.31. The summed E-state index contributed by atoms with van der Waals surface area (Å²) in [6, 6.07) is 21.6. The summed E-state index contributed by atoms with van der Waals surface area (Å²) >= 11 is 0. The van der Waals surface area contributed by atoms with Crippen LogP contribution >= 0.6 is 0 Å². The van der Waals surface area contributed by atoms with E-state index in [9.17, 15) is 0 Å². The van der Waals surface area contributed by atoms with E-state index in [1.807, 2.05) is 18.3 Å². The first kappa shape index (κ1) is 19.4. The molecule has 0 spiro atoms. The van der Waals surface area contributed by atoms with Gasteiger partial charge < -0.3 is 9.88 Å². The van der Waals surface area contributed by atoms with Crippen LogP contribution in [0.25, 0.3) is 0 Å². The van der Waals surface area contributed by atoms with Gasteiger partial charge in [0, 0.05) is 6.04 Å². The molecule has 4 rings (SSSR count). The van der Waals surface area contributed by atoms with Gasteiger partial charge in [-0.25, -0.2) is 4.98 Å². The molecule has 2 aromatic carbocycles. The Hall–Kier alpha value is -2.90. The van der Waals surface area contributed by atoms with Crippen molar-refractivity contribution in [3.8, 4) is 6.07 Å². The molecular formula is C25H28N4. The third-order valence-corrected chi connectivity index (χ3v) is 5.96. The van der Waals surface area contributed by atoms with Gasteiger partial charge in [-0.05, 0) is 68.8 Å². The summed E-state index contributed by atoms with van der Waals surface area (Å²) in [7, 11) is 0. The van der Waals surface area contributed by atoms with Crippen LogP contribution in [0.2, 0.25) is 0 Å². The van der Waals surface area contributed by atoms with Crippen LogP contribution in [-0.4, -0.2) is 16.1 Å². The molecule has 1 aliphatic rings. The van der Waals surface area contributed by atoms with E-state index in [0.29, 0.717) is 17.6 Å². The molecule has 0 amide bonds. The smallest absolute Gasteiger partial charge is 0.106 e. The molecule has 0 saturated heterocycles. The molecule has 1 aromatic heterocycles. The fourth-order valence-corrected chi connectivity index (χ4v) is 4.41. The Morgan fingerprint density at radius 3 is 2.62 bits per heavy atom. The van der Waals surface area contributed by atoms with Gasteiger partial charge in [-0.3, -0.25) is 0 Å².